The smallest absolute Gasteiger partial charge is 0.283 e. The average Bonchev–Trinajstić information content (AvgIpc) is 2.65. The van der Waals surface area contributed by atoms with Gasteiger partial charge in [0.15, 0.2) is 35.0 Å². The summed E-state index contributed by atoms with van der Waals surface area (Å²) in [6, 6.07) is 0. The monoisotopic (exact) mass is 512 g/mol. The number of halogens is 10. The highest BCUT2D eigenvalue weighted by molar-refractivity contribution is 7.87. The Morgan fingerprint density at radius 3 is 1.10 bits per heavy atom. The molecule has 0 heterocycles. The molecule has 6 nitrogen and oxygen atoms in total. The van der Waals surface area contributed by atoms with Crippen LogP contribution in [0.15, 0.2) is 46.6 Å². The highest BCUT2D eigenvalue weighted by Gasteiger charge is 2.67. The Labute approximate surface area is 165 Å². The van der Waals surface area contributed by atoms with Gasteiger partial charge in [-0.3, -0.25) is 9.11 Å². The van der Waals surface area contributed by atoms with E-state index in [1.165, 1.54) is 0 Å². The molecule has 0 bridgehead atoms. The molecular formula is C13H6F10O6S2. The van der Waals surface area contributed by atoms with Gasteiger partial charge in [0, 0.05) is 0 Å². The average molecular weight is 512 g/mol. The fourth-order valence-corrected chi connectivity index (χ4v) is 4.72. The maximum Gasteiger partial charge on any atom is 0.308 e. The molecule has 31 heavy (non-hydrogen) atoms. The predicted molar refractivity (Wildman–Crippen MR) is 79.3 cm³/mol. The van der Waals surface area contributed by atoms with Crippen molar-refractivity contribution in [2.45, 2.75) is 16.4 Å². The van der Waals surface area contributed by atoms with Crippen LogP contribution in [0.2, 0.25) is 0 Å². The number of hydrogen-bond acceptors (Lipinski definition) is 4. The molecule has 0 saturated heterocycles. The zero-order valence-corrected chi connectivity index (χ0v) is 15.6. The Hall–Kier alpha value is -1.92. The van der Waals surface area contributed by atoms with E-state index in [1.54, 1.807) is 0 Å². The summed E-state index contributed by atoms with van der Waals surface area (Å²) < 4.78 is 202. The lowest BCUT2D eigenvalue weighted by Gasteiger charge is -2.37. The van der Waals surface area contributed by atoms with Crippen LogP contribution in [-0.4, -0.2) is 35.9 Å². The normalized spacial score (nSPS) is 33.5. The Morgan fingerprint density at radius 1 is 0.613 bits per heavy atom. The van der Waals surface area contributed by atoms with Gasteiger partial charge >= 0.3 is 20.2 Å². The van der Waals surface area contributed by atoms with Gasteiger partial charge in [-0.1, -0.05) is 0 Å². The van der Waals surface area contributed by atoms with E-state index in [-0.39, 0.29) is 0 Å². The fourth-order valence-electron chi connectivity index (χ4n) is 2.97. The Bertz CT molecular complexity index is 1100. The molecule has 4 atom stereocenters. The van der Waals surface area contributed by atoms with Gasteiger partial charge in [-0.05, 0) is 6.42 Å². The summed E-state index contributed by atoms with van der Waals surface area (Å²) in [5, 5.41) is -10.9. The van der Waals surface area contributed by atoms with E-state index in [2.05, 4.69) is 0 Å². The van der Waals surface area contributed by atoms with Gasteiger partial charge in [-0.15, -0.1) is 0 Å². The molecule has 0 aromatic heterocycles. The van der Waals surface area contributed by atoms with Crippen LogP contribution >= 0.6 is 0 Å². The summed E-state index contributed by atoms with van der Waals surface area (Å²) in [5.74, 6) is -33.1. The van der Waals surface area contributed by atoms with Crippen LogP contribution in [0.1, 0.15) is 6.42 Å². The summed E-state index contributed by atoms with van der Waals surface area (Å²) in [7, 11) is -13.4. The molecule has 0 aliphatic heterocycles. The van der Waals surface area contributed by atoms with Crippen molar-refractivity contribution in [1.29, 1.82) is 0 Å². The zero-order valence-electron chi connectivity index (χ0n) is 14.0. The van der Waals surface area contributed by atoms with Crippen molar-refractivity contribution in [3.8, 4) is 0 Å². The van der Waals surface area contributed by atoms with Crippen molar-refractivity contribution >= 4 is 20.2 Å². The van der Waals surface area contributed by atoms with Crippen molar-refractivity contribution in [1.82, 2.24) is 0 Å². The first-order chi connectivity index (χ1) is 13.8. The quantitative estimate of drug-likeness (QED) is 0.429. The van der Waals surface area contributed by atoms with E-state index in [9.17, 15) is 60.7 Å². The lowest BCUT2D eigenvalue weighted by molar-refractivity contribution is 0.0894. The third kappa shape index (κ3) is 3.30. The maximum absolute atomic E-state index is 14.8. The minimum Gasteiger partial charge on any atom is -0.283 e. The second-order valence-electron chi connectivity index (χ2n) is 6.16. The van der Waals surface area contributed by atoms with Crippen LogP contribution in [0.3, 0.4) is 0 Å². The largest absolute Gasteiger partial charge is 0.308 e. The van der Waals surface area contributed by atoms with Gasteiger partial charge in [-0.25, -0.2) is 43.9 Å². The third-order valence-electron chi connectivity index (χ3n) is 4.52. The highest BCUT2D eigenvalue weighted by Crippen LogP contribution is 2.57. The molecule has 2 aliphatic carbocycles. The van der Waals surface area contributed by atoms with Crippen LogP contribution in [0.25, 0.3) is 0 Å². The second kappa shape index (κ2) is 7.31. The predicted octanol–water partition coefficient (Wildman–Crippen LogP) is 4.35. The van der Waals surface area contributed by atoms with Crippen LogP contribution in [0, 0.1) is 11.8 Å². The van der Waals surface area contributed by atoms with Crippen LogP contribution in [0.5, 0.6) is 0 Å². The molecular weight excluding hydrogens is 506 g/mol. The molecule has 0 radical (unpaired) electrons. The summed E-state index contributed by atoms with van der Waals surface area (Å²) in [4.78, 5) is 0. The van der Waals surface area contributed by atoms with Crippen LogP contribution in [0.4, 0.5) is 43.9 Å². The number of alkyl halides is 2. The molecule has 4 unspecified atom stereocenters. The first-order valence-electron chi connectivity index (χ1n) is 7.30. The van der Waals surface area contributed by atoms with Crippen molar-refractivity contribution in [2.24, 2.45) is 11.8 Å². The van der Waals surface area contributed by atoms with Crippen molar-refractivity contribution in [3.05, 3.63) is 46.6 Å². The van der Waals surface area contributed by atoms with Gasteiger partial charge in [0.1, 0.15) is 11.7 Å². The third-order valence-corrected chi connectivity index (χ3v) is 6.95. The molecule has 0 aromatic carbocycles. The van der Waals surface area contributed by atoms with Crippen molar-refractivity contribution in [2.75, 3.05) is 0 Å². The van der Waals surface area contributed by atoms with E-state index in [0.717, 1.165) is 0 Å². The summed E-state index contributed by atoms with van der Waals surface area (Å²) >= 11 is 0. The lowest BCUT2D eigenvalue weighted by Crippen LogP contribution is -2.50. The zero-order chi connectivity index (χ0) is 24.5. The van der Waals surface area contributed by atoms with Crippen LogP contribution in [-0.2, 0) is 20.2 Å². The van der Waals surface area contributed by atoms with Gasteiger partial charge < -0.3 is 0 Å². The van der Waals surface area contributed by atoms with Crippen molar-refractivity contribution in [3.63, 3.8) is 0 Å². The van der Waals surface area contributed by atoms with E-state index in [1.807, 2.05) is 0 Å². The molecule has 0 spiro atoms. The minimum atomic E-state index is -6.72. The molecule has 0 aromatic rings. The Kier molecular flexibility index (Phi) is 5.97. The lowest BCUT2D eigenvalue weighted by atomic mass is 9.81. The molecule has 0 saturated carbocycles. The van der Waals surface area contributed by atoms with Gasteiger partial charge in [0.05, 0.1) is 11.8 Å². The SMILES string of the molecule is O=S(=O)(O)C1(F)C(F)=C(F)C(F)=C(F)C1CC1C(F)=C(F)C(F)=C(F)C1(F)S(=O)(=O)O. The van der Waals surface area contributed by atoms with Gasteiger partial charge in [0.2, 0.25) is 0 Å². The maximum atomic E-state index is 14.8. The minimum absolute atomic E-state index is 2.65. The summed E-state index contributed by atoms with van der Waals surface area (Å²) in [6.45, 7) is 0. The standard InChI is InChI=1S/C13H6F10O6S2/c14-4-2(12(22,30(24,25)26)10(20)8(18)6(4)16)1-3-5(15)7(17)9(19)11(21)13(3,23)31(27,28)29/h2-3H,1H2,(H,24,25,26)(H,27,28,29). The topological polar surface area (TPSA) is 109 Å². The first kappa shape index (κ1) is 25.3. The van der Waals surface area contributed by atoms with E-state index < -0.39 is 95.1 Å². The molecule has 2 aliphatic rings. The molecule has 2 rings (SSSR count). The highest BCUT2D eigenvalue weighted by atomic mass is 32.2. The fraction of sp³-hybridized carbons (Fsp3) is 0.385. The molecule has 176 valence electrons. The number of rotatable bonds is 4. The molecule has 2 N–H and O–H groups in total. The van der Waals surface area contributed by atoms with Gasteiger partial charge in [0.25, 0.3) is 10.0 Å². The Morgan fingerprint density at radius 2 is 0.871 bits per heavy atom. The summed E-state index contributed by atoms with van der Waals surface area (Å²) in [5.41, 5.74) is 0. The molecule has 0 amide bonds. The van der Waals surface area contributed by atoms with E-state index in [0.29, 0.717) is 0 Å². The number of hydrogen-bond donors (Lipinski definition) is 2. The van der Waals surface area contributed by atoms with E-state index in [4.69, 9.17) is 9.11 Å². The molecule has 18 heteroatoms. The van der Waals surface area contributed by atoms with Crippen molar-refractivity contribution < 1.29 is 69.8 Å². The number of allylic oxidation sites excluding steroid dienone is 6. The van der Waals surface area contributed by atoms with Crippen LogP contribution < -0.4 is 0 Å². The Balaban J connectivity index is 2.85. The second-order valence-corrected chi connectivity index (χ2v) is 9.25. The summed E-state index contributed by atoms with van der Waals surface area (Å²) in [6.07, 6.45) is -2.65. The van der Waals surface area contributed by atoms with E-state index >= 15 is 0 Å². The van der Waals surface area contributed by atoms with Gasteiger partial charge in [-0.2, -0.15) is 16.8 Å². The first-order valence-corrected chi connectivity index (χ1v) is 10.2. The molecule has 0 fully saturated rings.